The largest absolute Gasteiger partial charge is 0.382 e. The van der Waals surface area contributed by atoms with Gasteiger partial charge in [-0.2, -0.15) is 0 Å². The molecule has 2 amide bonds. The van der Waals surface area contributed by atoms with Crippen molar-refractivity contribution in [3.05, 3.63) is 96.3 Å². The highest BCUT2D eigenvalue weighted by atomic mass is 35.5. The summed E-state index contributed by atoms with van der Waals surface area (Å²) in [7, 11) is 0. The van der Waals surface area contributed by atoms with Crippen molar-refractivity contribution in [1.82, 2.24) is 49.6 Å². The van der Waals surface area contributed by atoms with Gasteiger partial charge in [-0.3, -0.25) is 4.90 Å². The molecule has 0 unspecified atom stereocenters. The third kappa shape index (κ3) is 6.30. The number of anilines is 1. The highest BCUT2D eigenvalue weighted by Gasteiger charge is 2.35. The Bertz CT molecular complexity index is 1580. The van der Waals surface area contributed by atoms with Gasteiger partial charge in [-0.15, -0.1) is 16.7 Å². The van der Waals surface area contributed by atoms with Crippen LogP contribution in [0.3, 0.4) is 0 Å². The molecule has 13 heteroatoms. The number of alkyl halides is 1. The van der Waals surface area contributed by atoms with Gasteiger partial charge in [0, 0.05) is 38.6 Å². The molecule has 2 atom stereocenters. The lowest BCUT2D eigenvalue weighted by Crippen LogP contribution is -2.53. The van der Waals surface area contributed by atoms with Gasteiger partial charge in [0.25, 0.3) is 0 Å². The predicted molar refractivity (Wildman–Crippen MR) is 164 cm³/mol. The van der Waals surface area contributed by atoms with Crippen LogP contribution >= 0.6 is 11.6 Å². The quantitative estimate of drug-likeness (QED) is 0.184. The van der Waals surface area contributed by atoms with Crippen LogP contribution < -0.4 is 11.1 Å². The minimum atomic E-state index is -0.178. The minimum Gasteiger partial charge on any atom is -0.382 e. The highest BCUT2D eigenvalue weighted by molar-refractivity contribution is 6.17. The van der Waals surface area contributed by atoms with E-state index in [1.165, 1.54) is 11.9 Å². The Kier molecular flexibility index (Phi) is 8.75. The fourth-order valence-corrected chi connectivity index (χ4v) is 5.79. The number of carbonyl (C=O) groups is 1. The number of nitrogens with two attached hydrogens (primary N) is 1. The lowest BCUT2D eigenvalue weighted by Gasteiger charge is -2.42. The lowest BCUT2D eigenvalue weighted by atomic mass is 9.91. The number of imidazole rings is 1. The van der Waals surface area contributed by atoms with E-state index in [-0.39, 0.29) is 18.1 Å². The monoisotopic (exact) mass is 599 g/mol. The molecule has 1 saturated heterocycles. The van der Waals surface area contributed by atoms with Crippen LogP contribution in [0, 0.1) is 0 Å². The number of amides is 2. The Morgan fingerprint density at radius 2 is 1.63 bits per heavy atom. The van der Waals surface area contributed by atoms with E-state index in [1.54, 1.807) is 6.33 Å². The fraction of sp³-hybridized carbons (Fsp3) is 0.333. The van der Waals surface area contributed by atoms with Crippen LogP contribution in [0.1, 0.15) is 35.3 Å². The van der Waals surface area contributed by atoms with Gasteiger partial charge in [-0.25, -0.2) is 24.4 Å². The molecular formula is C30H34ClN11O. The number of nitrogens with zero attached hydrogens (tertiary/aromatic N) is 9. The average molecular weight is 600 g/mol. The van der Waals surface area contributed by atoms with E-state index < -0.39 is 0 Å². The van der Waals surface area contributed by atoms with E-state index in [9.17, 15) is 4.79 Å². The summed E-state index contributed by atoms with van der Waals surface area (Å²) in [6, 6.07) is 20.6. The molecule has 0 aliphatic carbocycles. The molecular weight excluding hydrogens is 566 g/mol. The number of piperazine rings is 1. The van der Waals surface area contributed by atoms with Gasteiger partial charge in [0.05, 0.1) is 31.2 Å². The molecule has 1 aromatic heterocycles. The zero-order valence-corrected chi connectivity index (χ0v) is 24.5. The maximum absolute atomic E-state index is 12.7. The summed E-state index contributed by atoms with van der Waals surface area (Å²) >= 11 is 5.78. The molecule has 0 radical (unpaired) electrons. The van der Waals surface area contributed by atoms with Gasteiger partial charge in [0.1, 0.15) is 17.7 Å². The van der Waals surface area contributed by atoms with E-state index >= 15 is 0 Å². The molecule has 3 aromatic rings. The molecule has 0 spiro atoms. The number of halogens is 1. The number of fused-ring (bicyclic) bond motifs is 1. The number of rotatable bonds is 10. The van der Waals surface area contributed by atoms with Gasteiger partial charge < -0.3 is 20.5 Å². The minimum absolute atomic E-state index is 0.0418. The second-order valence-electron chi connectivity index (χ2n) is 10.5. The van der Waals surface area contributed by atoms with E-state index in [0.29, 0.717) is 62.5 Å². The maximum Gasteiger partial charge on any atom is 0.317 e. The SMILES string of the molecule is Nc1ncn(Cc2cn([C@H](c3ccccc3)[C@H](c3ccccc3)N3CCN(C(=O)NCCCCl)CC3)nn2)c2ncnc1-2. The third-order valence-corrected chi connectivity index (χ3v) is 8.03. The van der Waals surface area contributed by atoms with Crippen LogP contribution in [-0.2, 0) is 6.54 Å². The maximum atomic E-state index is 12.7. The summed E-state index contributed by atoms with van der Waals surface area (Å²) in [6.07, 6.45) is 5.87. The standard InChI is InChI=1S/C30H34ClN11O/c31-12-7-13-33-30(43)40-16-14-39(15-17-40)26(22-8-3-1-4-9-22)27(23-10-5-2-6-11-23)42-19-24(37-38-42)18-41-21-36-28(32)25-29(41)35-20-34-25/h1-6,8-11,19-21,26-27H,7,12-18,32H2,(H,33,43)/t26-,27+/m0/s1. The third-order valence-electron chi connectivity index (χ3n) is 7.77. The zero-order valence-electron chi connectivity index (χ0n) is 23.7. The Morgan fingerprint density at radius 3 is 2.33 bits per heavy atom. The first-order chi connectivity index (χ1) is 21.1. The molecule has 6 rings (SSSR count). The summed E-state index contributed by atoms with van der Waals surface area (Å²) in [5.41, 5.74) is 9.59. The normalized spacial score (nSPS) is 15.4. The van der Waals surface area contributed by atoms with Gasteiger partial charge >= 0.3 is 6.03 Å². The predicted octanol–water partition coefficient (Wildman–Crippen LogP) is 3.29. The van der Waals surface area contributed by atoms with Crippen LogP contribution in [0.15, 0.2) is 79.5 Å². The van der Waals surface area contributed by atoms with Gasteiger partial charge in [-0.05, 0) is 17.5 Å². The summed E-state index contributed by atoms with van der Waals surface area (Å²) in [5.74, 6) is 1.52. The Labute approximate surface area is 254 Å². The Balaban J connectivity index is 1.30. The lowest BCUT2D eigenvalue weighted by molar-refractivity contribution is 0.0875. The van der Waals surface area contributed by atoms with Crippen molar-refractivity contribution in [2.45, 2.75) is 25.0 Å². The Hall–Kier alpha value is -4.55. The summed E-state index contributed by atoms with van der Waals surface area (Å²) in [6.45, 7) is 3.67. The molecule has 43 heavy (non-hydrogen) atoms. The van der Waals surface area contributed by atoms with Crippen molar-refractivity contribution in [2.75, 3.05) is 44.3 Å². The van der Waals surface area contributed by atoms with Crippen LogP contribution in [0.5, 0.6) is 0 Å². The van der Waals surface area contributed by atoms with E-state index in [4.69, 9.17) is 17.3 Å². The molecule has 222 valence electrons. The summed E-state index contributed by atoms with van der Waals surface area (Å²) in [5, 5.41) is 12.2. The molecule has 12 nitrogen and oxygen atoms in total. The Morgan fingerprint density at radius 1 is 0.930 bits per heavy atom. The van der Waals surface area contributed by atoms with E-state index in [0.717, 1.165) is 17.7 Å². The number of benzene rings is 2. The van der Waals surface area contributed by atoms with Crippen molar-refractivity contribution in [1.29, 1.82) is 0 Å². The van der Waals surface area contributed by atoms with Crippen molar-refractivity contribution in [3.8, 4) is 11.5 Å². The number of nitrogen functional groups attached to an aromatic ring is 1. The number of aromatic nitrogens is 7. The van der Waals surface area contributed by atoms with Gasteiger partial charge in [0.15, 0.2) is 11.6 Å². The van der Waals surface area contributed by atoms with Crippen molar-refractivity contribution < 1.29 is 4.79 Å². The smallest absolute Gasteiger partial charge is 0.317 e. The summed E-state index contributed by atoms with van der Waals surface area (Å²) < 4.78 is 3.82. The molecule has 3 N–H and O–H groups in total. The number of carbonyl (C=O) groups excluding carboxylic acids is 1. The van der Waals surface area contributed by atoms with Gasteiger partial charge in [-0.1, -0.05) is 65.9 Å². The first kappa shape index (κ1) is 28.6. The molecule has 2 aromatic carbocycles. The average Bonchev–Trinajstić information content (AvgIpc) is 3.73. The highest BCUT2D eigenvalue weighted by Crippen LogP contribution is 2.37. The molecule has 3 aliphatic rings. The van der Waals surface area contributed by atoms with Crippen molar-refractivity contribution in [2.24, 2.45) is 0 Å². The first-order valence-electron chi connectivity index (χ1n) is 14.4. The fourth-order valence-electron chi connectivity index (χ4n) is 5.66. The number of hydrogen-bond donors (Lipinski definition) is 2. The van der Waals surface area contributed by atoms with E-state index in [2.05, 4.69) is 71.9 Å². The van der Waals surface area contributed by atoms with Gasteiger partial charge in [0.2, 0.25) is 0 Å². The molecule has 1 fully saturated rings. The van der Waals surface area contributed by atoms with Crippen LogP contribution in [0.25, 0.3) is 11.5 Å². The van der Waals surface area contributed by atoms with Crippen LogP contribution in [0.4, 0.5) is 10.6 Å². The summed E-state index contributed by atoms with van der Waals surface area (Å²) in [4.78, 5) is 29.9. The second-order valence-corrected chi connectivity index (χ2v) is 10.9. The number of nitrogens with one attached hydrogen (secondary N) is 1. The van der Waals surface area contributed by atoms with Crippen LogP contribution in [-0.4, -0.2) is 88.9 Å². The molecule has 0 bridgehead atoms. The molecule has 4 heterocycles. The molecule has 0 saturated carbocycles. The molecule has 3 aliphatic heterocycles. The second kappa shape index (κ2) is 13.2. The topological polar surface area (TPSA) is 136 Å². The van der Waals surface area contributed by atoms with Crippen molar-refractivity contribution in [3.63, 3.8) is 0 Å². The van der Waals surface area contributed by atoms with E-state index in [1.807, 2.05) is 44.6 Å². The van der Waals surface area contributed by atoms with Crippen LogP contribution in [0.2, 0.25) is 0 Å². The van der Waals surface area contributed by atoms with Crippen molar-refractivity contribution >= 4 is 23.4 Å². The first-order valence-corrected chi connectivity index (χ1v) is 14.9. The number of urea groups is 1. The zero-order chi connectivity index (χ0) is 29.6. The number of hydrogen-bond acceptors (Lipinski definition) is 8.